The molecule has 0 bridgehead atoms. The molecule has 0 aromatic carbocycles. The Labute approximate surface area is 90.3 Å². The van der Waals surface area contributed by atoms with Crippen molar-refractivity contribution in [2.24, 2.45) is 4.99 Å². The first-order chi connectivity index (χ1) is 6.88. The van der Waals surface area contributed by atoms with Gasteiger partial charge in [0, 0.05) is 7.97 Å². The molecule has 0 saturated carbocycles. The number of nitrogens with one attached hydrogen (secondary N) is 1. The molecule has 1 aliphatic rings. The SMILES string of the molecule is C=CC1=C(N=C)NCCC1.CC.CC.[HH]. The summed E-state index contributed by atoms with van der Waals surface area (Å²) in [7, 11) is 0. The average molecular weight is 198 g/mol. The predicted octanol–water partition coefficient (Wildman–Crippen LogP) is 3.77. The lowest BCUT2D eigenvalue weighted by atomic mass is 10.1. The summed E-state index contributed by atoms with van der Waals surface area (Å²) in [5, 5.41) is 3.15. The molecular weight excluding hydrogens is 172 g/mol. The van der Waals surface area contributed by atoms with E-state index in [1.807, 2.05) is 33.8 Å². The van der Waals surface area contributed by atoms with Gasteiger partial charge in [0.25, 0.3) is 0 Å². The van der Waals surface area contributed by atoms with Gasteiger partial charge in [-0.1, -0.05) is 40.3 Å². The quantitative estimate of drug-likeness (QED) is 0.671. The van der Waals surface area contributed by atoms with E-state index in [-0.39, 0.29) is 1.43 Å². The second kappa shape index (κ2) is 11.9. The Morgan fingerprint density at radius 1 is 1.36 bits per heavy atom. The van der Waals surface area contributed by atoms with Crippen molar-refractivity contribution in [2.75, 3.05) is 6.54 Å². The van der Waals surface area contributed by atoms with Gasteiger partial charge in [-0.05, 0) is 25.1 Å². The average Bonchev–Trinajstić information content (AvgIpc) is 2.34. The third-order valence-corrected chi connectivity index (χ3v) is 1.62. The van der Waals surface area contributed by atoms with E-state index in [1.165, 1.54) is 12.0 Å². The lowest BCUT2D eigenvalue weighted by Crippen LogP contribution is -2.19. The van der Waals surface area contributed by atoms with Crippen LogP contribution in [0.3, 0.4) is 0 Å². The van der Waals surface area contributed by atoms with Crippen LogP contribution in [0.1, 0.15) is 42.0 Å². The molecule has 2 nitrogen and oxygen atoms in total. The van der Waals surface area contributed by atoms with Crippen molar-refractivity contribution in [3.63, 3.8) is 0 Å². The van der Waals surface area contributed by atoms with Gasteiger partial charge < -0.3 is 5.32 Å². The zero-order valence-electron chi connectivity index (χ0n) is 10.1. The molecule has 0 unspecified atom stereocenters. The molecule has 1 heterocycles. The van der Waals surface area contributed by atoms with Crippen molar-refractivity contribution < 1.29 is 1.43 Å². The van der Waals surface area contributed by atoms with E-state index in [0.29, 0.717) is 0 Å². The molecule has 0 aliphatic carbocycles. The topological polar surface area (TPSA) is 24.4 Å². The highest BCUT2D eigenvalue weighted by atomic mass is 15.0. The summed E-state index contributed by atoms with van der Waals surface area (Å²) in [4.78, 5) is 3.85. The Balaban J connectivity index is -0.000000258. The van der Waals surface area contributed by atoms with Gasteiger partial charge in [0.15, 0.2) is 0 Å². The minimum atomic E-state index is 0. The summed E-state index contributed by atoms with van der Waals surface area (Å²) in [6, 6.07) is 0. The normalized spacial score (nSPS) is 13.7. The molecule has 0 spiro atoms. The van der Waals surface area contributed by atoms with Gasteiger partial charge in [-0.3, -0.25) is 0 Å². The van der Waals surface area contributed by atoms with E-state index >= 15 is 0 Å². The largest absolute Gasteiger partial charge is 0.370 e. The lowest BCUT2D eigenvalue weighted by Gasteiger charge is -2.15. The molecule has 0 atom stereocenters. The van der Waals surface area contributed by atoms with Crippen LogP contribution in [-0.2, 0) is 0 Å². The zero-order chi connectivity index (χ0) is 11.4. The Morgan fingerprint density at radius 3 is 2.29 bits per heavy atom. The first-order valence-corrected chi connectivity index (χ1v) is 5.44. The summed E-state index contributed by atoms with van der Waals surface area (Å²) >= 11 is 0. The second-order valence-corrected chi connectivity index (χ2v) is 2.27. The van der Waals surface area contributed by atoms with E-state index in [1.54, 1.807) is 0 Å². The van der Waals surface area contributed by atoms with E-state index in [2.05, 4.69) is 23.6 Å². The van der Waals surface area contributed by atoms with Gasteiger partial charge in [-0.15, -0.1) is 0 Å². The zero-order valence-corrected chi connectivity index (χ0v) is 10.1. The molecule has 0 fully saturated rings. The number of hydrogen-bond acceptors (Lipinski definition) is 2. The van der Waals surface area contributed by atoms with Crippen molar-refractivity contribution in [1.29, 1.82) is 0 Å². The molecule has 1 N–H and O–H groups in total. The molecule has 14 heavy (non-hydrogen) atoms. The molecule has 0 saturated heterocycles. The molecular formula is C12H26N2. The van der Waals surface area contributed by atoms with Gasteiger partial charge in [0.2, 0.25) is 0 Å². The second-order valence-electron chi connectivity index (χ2n) is 2.27. The summed E-state index contributed by atoms with van der Waals surface area (Å²) in [6.45, 7) is 16.2. The van der Waals surface area contributed by atoms with Gasteiger partial charge >= 0.3 is 0 Å². The highest BCUT2D eigenvalue weighted by Crippen LogP contribution is 2.14. The monoisotopic (exact) mass is 198 g/mol. The molecule has 1 rings (SSSR count). The lowest BCUT2D eigenvalue weighted by molar-refractivity contribution is 0.666. The van der Waals surface area contributed by atoms with Crippen LogP contribution in [-0.4, -0.2) is 13.3 Å². The van der Waals surface area contributed by atoms with Crippen LogP contribution in [0.5, 0.6) is 0 Å². The van der Waals surface area contributed by atoms with Crippen LogP contribution in [0, 0.1) is 0 Å². The molecule has 0 aromatic heterocycles. The highest BCUT2D eigenvalue weighted by molar-refractivity contribution is 5.34. The highest BCUT2D eigenvalue weighted by Gasteiger charge is 2.06. The van der Waals surface area contributed by atoms with Crippen molar-refractivity contribution in [2.45, 2.75) is 40.5 Å². The molecule has 0 amide bonds. The Kier molecular flexibility index (Phi) is 13.2. The fourth-order valence-electron chi connectivity index (χ4n) is 1.07. The number of rotatable bonds is 2. The van der Waals surface area contributed by atoms with Crippen LogP contribution in [0.25, 0.3) is 0 Å². The van der Waals surface area contributed by atoms with E-state index in [4.69, 9.17) is 0 Å². The summed E-state index contributed by atoms with van der Waals surface area (Å²) in [5.74, 6) is 0.904. The summed E-state index contributed by atoms with van der Waals surface area (Å²) in [6.07, 6.45) is 4.08. The van der Waals surface area contributed by atoms with Crippen molar-refractivity contribution >= 4 is 6.72 Å². The standard InChI is InChI=1S/C8H12N2.2C2H6.H2/c1-3-7-5-4-6-10-8(7)9-2;2*1-2;/h3,10H,1-2,4-6H2;2*1-2H3;1H. The maximum Gasteiger partial charge on any atom is 0.128 e. The number of allylic oxidation sites excluding steroid dienone is 2. The Morgan fingerprint density at radius 2 is 1.93 bits per heavy atom. The fourth-order valence-corrected chi connectivity index (χ4v) is 1.07. The number of hydrogen-bond donors (Lipinski definition) is 1. The molecule has 0 radical (unpaired) electrons. The van der Waals surface area contributed by atoms with Crippen LogP contribution in [0.4, 0.5) is 0 Å². The first kappa shape index (κ1) is 15.4. The smallest absolute Gasteiger partial charge is 0.128 e. The van der Waals surface area contributed by atoms with Gasteiger partial charge in [-0.25, -0.2) is 4.99 Å². The number of aliphatic imine (C=N–C) groups is 1. The summed E-state index contributed by atoms with van der Waals surface area (Å²) in [5.41, 5.74) is 1.18. The maximum atomic E-state index is 3.85. The number of nitrogens with zero attached hydrogens (tertiary/aromatic N) is 1. The first-order valence-electron chi connectivity index (χ1n) is 5.44. The van der Waals surface area contributed by atoms with Crippen LogP contribution >= 0.6 is 0 Å². The third kappa shape index (κ3) is 5.57. The van der Waals surface area contributed by atoms with Crippen molar-refractivity contribution in [3.8, 4) is 0 Å². The van der Waals surface area contributed by atoms with Crippen molar-refractivity contribution in [1.82, 2.24) is 5.32 Å². The van der Waals surface area contributed by atoms with Crippen LogP contribution < -0.4 is 5.32 Å². The molecule has 0 aromatic rings. The van der Waals surface area contributed by atoms with Gasteiger partial charge in [0.05, 0.1) is 0 Å². The van der Waals surface area contributed by atoms with Crippen molar-refractivity contribution in [3.05, 3.63) is 24.0 Å². The maximum absolute atomic E-state index is 3.85. The minimum Gasteiger partial charge on any atom is -0.370 e. The van der Waals surface area contributed by atoms with Gasteiger partial charge in [-0.2, -0.15) is 0 Å². The molecule has 1 aliphatic heterocycles. The van der Waals surface area contributed by atoms with E-state index in [9.17, 15) is 0 Å². The van der Waals surface area contributed by atoms with E-state index in [0.717, 1.165) is 18.8 Å². The molecule has 2 heteroatoms. The van der Waals surface area contributed by atoms with Gasteiger partial charge in [0.1, 0.15) is 5.82 Å². The Bertz CT molecular complexity index is 166. The van der Waals surface area contributed by atoms with Crippen LogP contribution in [0.15, 0.2) is 29.0 Å². The predicted molar refractivity (Wildman–Crippen MR) is 68.8 cm³/mol. The molecule has 84 valence electrons. The van der Waals surface area contributed by atoms with E-state index < -0.39 is 0 Å². The minimum absolute atomic E-state index is 0. The fraction of sp³-hybridized carbons (Fsp3) is 0.583. The third-order valence-electron chi connectivity index (χ3n) is 1.62. The van der Waals surface area contributed by atoms with Crippen LogP contribution in [0.2, 0.25) is 0 Å². The Hall–Kier alpha value is -1.05. The summed E-state index contributed by atoms with van der Waals surface area (Å²) < 4.78 is 0.